The summed E-state index contributed by atoms with van der Waals surface area (Å²) in [5.41, 5.74) is 0. The number of rotatable bonds is 66. The molecule has 0 aromatic carbocycles. The fourth-order valence-corrected chi connectivity index (χ4v) is 10.5. The van der Waals surface area contributed by atoms with Crippen LogP contribution in [0, 0.1) is 0 Å². The van der Waals surface area contributed by atoms with E-state index >= 15 is 0 Å². The first-order chi connectivity index (χ1) is 41.0. The van der Waals surface area contributed by atoms with E-state index in [2.05, 4.69) is 106 Å². The van der Waals surface area contributed by atoms with Gasteiger partial charge in [-0.2, -0.15) is 0 Å². The van der Waals surface area contributed by atoms with E-state index in [1.807, 2.05) is 0 Å². The molecule has 0 aromatic heterocycles. The van der Waals surface area contributed by atoms with Gasteiger partial charge in [0.05, 0.1) is 0 Å². The van der Waals surface area contributed by atoms with Gasteiger partial charge < -0.3 is 14.2 Å². The number of unbranched alkanes of at least 4 members (excludes halogenated alkanes) is 41. The molecule has 0 bridgehead atoms. The van der Waals surface area contributed by atoms with Crippen LogP contribution in [0.15, 0.2) is 85.1 Å². The Bertz CT molecular complexity index is 1570. The number of carbonyl (C=O) groups excluding carboxylic acids is 3. The van der Waals surface area contributed by atoms with Gasteiger partial charge >= 0.3 is 17.9 Å². The highest BCUT2D eigenvalue weighted by atomic mass is 16.6. The van der Waals surface area contributed by atoms with E-state index in [4.69, 9.17) is 14.2 Å². The van der Waals surface area contributed by atoms with E-state index in [-0.39, 0.29) is 31.1 Å². The third kappa shape index (κ3) is 69.3. The average Bonchev–Trinajstić information content (AvgIpc) is 3.49. The second-order valence-electron chi connectivity index (χ2n) is 24.1. The molecule has 0 heterocycles. The number of hydrogen-bond acceptors (Lipinski definition) is 6. The summed E-state index contributed by atoms with van der Waals surface area (Å²) in [7, 11) is 0. The van der Waals surface area contributed by atoms with Gasteiger partial charge in [-0.3, -0.25) is 14.4 Å². The summed E-state index contributed by atoms with van der Waals surface area (Å²) < 4.78 is 16.9. The molecule has 0 aliphatic rings. The summed E-state index contributed by atoms with van der Waals surface area (Å²) in [6.45, 7) is 6.53. The van der Waals surface area contributed by atoms with Crippen LogP contribution >= 0.6 is 0 Å². The molecule has 0 saturated heterocycles. The normalized spacial score (nSPS) is 12.6. The van der Waals surface area contributed by atoms with Crippen molar-refractivity contribution in [1.29, 1.82) is 0 Å². The molecule has 6 nitrogen and oxygen atoms in total. The van der Waals surface area contributed by atoms with Crippen LogP contribution in [0.2, 0.25) is 0 Å². The molecule has 0 aliphatic heterocycles. The van der Waals surface area contributed by atoms with Crippen molar-refractivity contribution in [2.75, 3.05) is 13.2 Å². The molecule has 0 aliphatic carbocycles. The van der Waals surface area contributed by atoms with Gasteiger partial charge in [0.1, 0.15) is 13.2 Å². The summed E-state index contributed by atoms with van der Waals surface area (Å²) in [4.78, 5) is 38.3. The van der Waals surface area contributed by atoms with Crippen molar-refractivity contribution in [2.24, 2.45) is 0 Å². The Kier molecular flexibility index (Phi) is 68.2. The highest BCUT2D eigenvalue weighted by Crippen LogP contribution is 2.18. The second kappa shape index (κ2) is 71.1. The lowest BCUT2D eigenvalue weighted by Gasteiger charge is -2.18. The highest BCUT2D eigenvalue weighted by Gasteiger charge is 2.19. The van der Waals surface area contributed by atoms with Gasteiger partial charge in [0.15, 0.2) is 6.10 Å². The van der Waals surface area contributed by atoms with E-state index < -0.39 is 6.10 Å². The van der Waals surface area contributed by atoms with Crippen molar-refractivity contribution in [1.82, 2.24) is 0 Å². The maximum absolute atomic E-state index is 12.9. The Morgan fingerprint density at radius 1 is 0.253 bits per heavy atom. The maximum atomic E-state index is 12.9. The molecule has 0 radical (unpaired) electrons. The van der Waals surface area contributed by atoms with Gasteiger partial charge in [-0.1, -0.05) is 356 Å². The minimum Gasteiger partial charge on any atom is -0.462 e. The van der Waals surface area contributed by atoms with E-state index in [1.165, 1.54) is 218 Å². The zero-order valence-corrected chi connectivity index (χ0v) is 55.2. The summed E-state index contributed by atoms with van der Waals surface area (Å²) >= 11 is 0. The first-order valence-electron chi connectivity index (χ1n) is 36.1. The van der Waals surface area contributed by atoms with Crippen LogP contribution in [-0.4, -0.2) is 37.2 Å². The Balaban J connectivity index is 4.15. The zero-order valence-electron chi connectivity index (χ0n) is 55.2. The summed E-state index contributed by atoms with van der Waals surface area (Å²) in [6.07, 6.45) is 95.0. The lowest BCUT2D eigenvalue weighted by atomic mass is 10.0. The largest absolute Gasteiger partial charge is 0.462 e. The average molecular weight is 1160 g/mol. The molecule has 480 valence electrons. The molecule has 1 unspecified atom stereocenters. The van der Waals surface area contributed by atoms with Crippen LogP contribution in [0.1, 0.15) is 367 Å². The van der Waals surface area contributed by atoms with Crippen molar-refractivity contribution in [2.45, 2.75) is 374 Å². The zero-order chi connectivity index (χ0) is 59.9. The Morgan fingerprint density at radius 3 is 0.735 bits per heavy atom. The van der Waals surface area contributed by atoms with Crippen LogP contribution in [0.4, 0.5) is 0 Å². The maximum Gasteiger partial charge on any atom is 0.306 e. The van der Waals surface area contributed by atoms with Gasteiger partial charge in [-0.05, 0) is 77.0 Å². The number of allylic oxidation sites excluding steroid dienone is 14. The number of carbonyl (C=O) groups is 3. The Morgan fingerprint density at radius 2 is 0.470 bits per heavy atom. The topological polar surface area (TPSA) is 78.9 Å². The van der Waals surface area contributed by atoms with Crippen LogP contribution in [-0.2, 0) is 28.6 Å². The SMILES string of the molecule is CC/C=C\C/C=C\C/C=C\C/C=C\C/C=C\C/C=C\C/C=C\CCCCCC(=O)OC(COC(=O)CCCCCCCCCCC)COC(=O)CCCCCCCCCCCCCCCCCCCCCCCCCCCCCCCCC. The molecule has 0 spiro atoms. The lowest BCUT2D eigenvalue weighted by molar-refractivity contribution is -0.167. The molecule has 0 rings (SSSR count). The molecule has 0 saturated carbocycles. The van der Waals surface area contributed by atoms with E-state index in [1.54, 1.807) is 0 Å². The lowest BCUT2D eigenvalue weighted by Crippen LogP contribution is -2.30. The number of ether oxygens (including phenoxy) is 3. The predicted molar refractivity (Wildman–Crippen MR) is 362 cm³/mol. The smallest absolute Gasteiger partial charge is 0.306 e. The van der Waals surface area contributed by atoms with Crippen molar-refractivity contribution >= 4 is 17.9 Å². The van der Waals surface area contributed by atoms with Crippen LogP contribution in [0.25, 0.3) is 0 Å². The predicted octanol–water partition coefficient (Wildman–Crippen LogP) is 25.0. The van der Waals surface area contributed by atoms with E-state index in [0.717, 1.165) is 109 Å². The molecule has 83 heavy (non-hydrogen) atoms. The van der Waals surface area contributed by atoms with Crippen molar-refractivity contribution in [3.63, 3.8) is 0 Å². The molecular formula is C77H136O6. The molecule has 0 amide bonds. The molecule has 0 fully saturated rings. The highest BCUT2D eigenvalue weighted by molar-refractivity contribution is 5.71. The number of hydrogen-bond donors (Lipinski definition) is 0. The minimum absolute atomic E-state index is 0.0863. The van der Waals surface area contributed by atoms with Crippen molar-refractivity contribution in [3.05, 3.63) is 85.1 Å². The Labute approximate surface area is 515 Å². The number of esters is 3. The second-order valence-corrected chi connectivity index (χ2v) is 24.1. The summed E-state index contributed by atoms with van der Waals surface area (Å²) in [5.74, 6) is -0.905. The first-order valence-corrected chi connectivity index (χ1v) is 36.1. The van der Waals surface area contributed by atoms with Gasteiger partial charge in [0.2, 0.25) is 0 Å². The standard InChI is InChI=1S/C77H136O6/c1-4-7-10-13-16-19-21-23-25-27-29-31-33-35-36-37-38-39-40-42-43-45-47-49-51-53-55-58-61-64-67-70-76(79)82-73-74(72-81-75(78)69-66-63-60-57-18-15-12-9-6-3)83-77(80)71-68-65-62-59-56-54-52-50-48-46-44-41-34-32-30-28-26-24-22-20-17-14-11-8-5-2/h8,11,17,20,24,26,30,32,41,44,48,50,54,56,74H,4-7,9-10,12-16,18-19,21-23,25,27-29,31,33-40,42-43,45-47,49,51-53,55,57-73H2,1-3H3/b11-8-,20-17-,26-24-,32-30-,44-41-,50-48-,56-54-. The monoisotopic (exact) mass is 1160 g/mol. The van der Waals surface area contributed by atoms with Crippen LogP contribution in [0.5, 0.6) is 0 Å². The summed E-state index contributed by atoms with van der Waals surface area (Å²) in [6, 6.07) is 0. The fraction of sp³-hybridized carbons (Fsp3) is 0.779. The fourth-order valence-electron chi connectivity index (χ4n) is 10.5. The first kappa shape index (κ1) is 79.6. The quantitative estimate of drug-likeness (QED) is 0.0261. The third-order valence-electron chi connectivity index (χ3n) is 15.9. The third-order valence-corrected chi connectivity index (χ3v) is 15.9. The van der Waals surface area contributed by atoms with E-state index in [9.17, 15) is 14.4 Å². The van der Waals surface area contributed by atoms with E-state index in [0.29, 0.717) is 19.3 Å². The Hall–Kier alpha value is -3.41. The van der Waals surface area contributed by atoms with Gasteiger partial charge in [0, 0.05) is 19.3 Å². The van der Waals surface area contributed by atoms with Crippen LogP contribution in [0.3, 0.4) is 0 Å². The van der Waals surface area contributed by atoms with Crippen molar-refractivity contribution < 1.29 is 28.6 Å². The minimum atomic E-state index is -0.793. The molecule has 0 aromatic rings. The molecular weight excluding hydrogens is 1020 g/mol. The molecule has 0 N–H and O–H groups in total. The van der Waals surface area contributed by atoms with Crippen LogP contribution < -0.4 is 0 Å². The van der Waals surface area contributed by atoms with Gasteiger partial charge in [-0.15, -0.1) is 0 Å². The van der Waals surface area contributed by atoms with Gasteiger partial charge in [0.25, 0.3) is 0 Å². The van der Waals surface area contributed by atoms with Gasteiger partial charge in [-0.25, -0.2) is 0 Å². The summed E-state index contributed by atoms with van der Waals surface area (Å²) in [5, 5.41) is 0. The molecule has 6 heteroatoms. The van der Waals surface area contributed by atoms with Crippen molar-refractivity contribution in [3.8, 4) is 0 Å². The molecule has 1 atom stereocenters.